The highest BCUT2D eigenvalue weighted by atomic mass is 16.6. The molecule has 0 spiro atoms. The van der Waals surface area contributed by atoms with Crippen molar-refractivity contribution in [2.24, 2.45) is 46.3 Å². The first-order chi connectivity index (χ1) is 14.2. The molecule has 1 unspecified atom stereocenters. The Kier molecular flexibility index (Phi) is 4.75. The van der Waals surface area contributed by atoms with Crippen LogP contribution in [0.4, 0.5) is 0 Å². The fourth-order valence-corrected chi connectivity index (χ4v) is 8.21. The number of Topliss-reactive ketones (excluding diaryl/α,β-unsaturated/α-hetero) is 1. The van der Waals surface area contributed by atoms with Crippen molar-refractivity contribution in [1.82, 2.24) is 0 Å². The summed E-state index contributed by atoms with van der Waals surface area (Å²) in [5, 5.41) is 0. The highest BCUT2D eigenvalue weighted by Crippen LogP contribution is 2.68. The van der Waals surface area contributed by atoms with Gasteiger partial charge in [-0.1, -0.05) is 46.8 Å². The number of hydrogen-bond acceptors (Lipinski definition) is 3. The first kappa shape index (κ1) is 20.7. The molecule has 3 nitrogen and oxygen atoms in total. The summed E-state index contributed by atoms with van der Waals surface area (Å²) in [6.07, 6.45) is 13.4. The maximum Gasteiger partial charge on any atom is 0.187 e. The van der Waals surface area contributed by atoms with Gasteiger partial charge in [0.25, 0.3) is 0 Å². The average Bonchev–Trinajstić information content (AvgIpc) is 3.44. The number of hydrogen-bond donors (Lipinski definition) is 0. The van der Waals surface area contributed by atoms with E-state index in [9.17, 15) is 9.59 Å². The van der Waals surface area contributed by atoms with Crippen LogP contribution in [0.25, 0.3) is 0 Å². The lowest BCUT2D eigenvalue weighted by Crippen LogP contribution is -2.51. The molecule has 164 valence electrons. The summed E-state index contributed by atoms with van der Waals surface area (Å²) in [6, 6.07) is 0. The number of fused-ring (bicyclic) bond motifs is 7. The number of ketones is 2. The number of allylic oxidation sites excluding steroid dienone is 2. The zero-order chi connectivity index (χ0) is 21.4. The van der Waals surface area contributed by atoms with Crippen molar-refractivity contribution in [1.29, 1.82) is 0 Å². The molecule has 0 radical (unpaired) electrons. The molecular weight excluding hydrogens is 372 g/mol. The van der Waals surface area contributed by atoms with E-state index in [0.717, 1.165) is 18.8 Å². The molecule has 3 fully saturated rings. The van der Waals surface area contributed by atoms with E-state index in [0.29, 0.717) is 34.9 Å². The summed E-state index contributed by atoms with van der Waals surface area (Å²) in [7, 11) is 0. The first-order valence-electron chi connectivity index (χ1n) is 12.3. The van der Waals surface area contributed by atoms with Gasteiger partial charge in [-0.3, -0.25) is 9.59 Å². The van der Waals surface area contributed by atoms with E-state index >= 15 is 0 Å². The van der Waals surface area contributed by atoms with Gasteiger partial charge in [0.2, 0.25) is 0 Å². The van der Waals surface area contributed by atoms with Crippen molar-refractivity contribution >= 4 is 11.6 Å². The normalized spacial score (nSPS) is 47.1. The molecule has 30 heavy (non-hydrogen) atoms. The van der Waals surface area contributed by atoms with E-state index in [1.54, 1.807) is 0 Å². The predicted octanol–water partition coefficient (Wildman–Crippen LogP) is 5.54. The van der Waals surface area contributed by atoms with Crippen LogP contribution in [0.15, 0.2) is 23.8 Å². The summed E-state index contributed by atoms with van der Waals surface area (Å²) >= 11 is 0. The van der Waals surface area contributed by atoms with Crippen molar-refractivity contribution in [2.45, 2.75) is 85.4 Å². The lowest BCUT2D eigenvalue weighted by Gasteiger charge is -2.56. The highest BCUT2D eigenvalue weighted by Gasteiger charge is 2.66. The summed E-state index contributed by atoms with van der Waals surface area (Å²) < 4.78 is 5.91. The van der Waals surface area contributed by atoms with E-state index in [4.69, 9.17) is 4.74 Å². The van der Waals surface area contributed by atoms with Crippen LogP contribution in [0.5, 0.6) is 0 Å². The maximum absolute atomic E-state index is 12.2. The second kappa shape index (κ2) is 6.89. The van der Waals surface area contributed by atoms with Gasteiger partial charge in [0, 0.05) is 17.8 Å². The molecule has 0 bridgehead atoms. The average molecular weight is 411 g/mol. The van der Waals surface area contributed by atoms with E-state index in [1.807, 2.05) is 19.9 Å². The summed E-state index contributed by atoms with van der Waals surface area (Å²) in [5.74, 6) is 3.98. The van der Waals surface area contributed by atoms with Crippen LogP contribution in [-0.4, -0.2) is 23.8 Å². The van der Waals surface area contributed by atoms with E-state index in [-0.39, 0.29) is 29.3 Å². The Morgan fingerprint density at radius 3 is 2.67 bits per heavy atom. The molecule has 0 aromatic carbocycles. The summed E-state index contributed by atoms with van der Waals surface area (Å²) in [6.45, 7) is 11.4. The van der Waals surface area contributed by atoms with Crippen molar-refractivity contribution in [3.63, 3.8) is 0 Å². The SMILES string of the molecule is CC(C)C(=O)CC[C@@H](C)[C@H]1CC[C@H]2[C@@H]3C=CC4=CC(=O)[C@H]5OC5[C@]4(C)[C@H]3CC[C@]12C. The Balaban J connectivity index is 1.37. The monoisotopic (exact) mass is 410 g/mol. The van der Waals surface area contributed by atoms with Crippen LogP contribution in [0.2, 0.25) is 0 Å². The van der Waals surface area contributed by atoms with Gasteiger partial charge >= 0.3 is 0 Å². The third kappa shape index (κ3) is 2.80. The quantitative estimate of drug-likeness (QED) is 0.559. The summed E-state index contributed by atoms with van der Waals surface area (Å²) in [5.41, 5.74) is 1.59. The van der Waals surface area contributed by atoms with Gasteiger partial charge in [-0.15, -0.1) is 0 Å². The fraction of sp³-hybridized carbons (Fsp3) is 0.778. The van der Waals surface area contributed by atoms with Gasteiger partial charge in [0.05, 0.1) is 0 Å². The van der Waals surface area contributed by atoms with Gasteiger partial charge in [0.15, 0.2) is 5.78 Å². The van der Waals surface area contributed by atoms with Crippen molar-refractivity contribution < 1.29 is 14.3 Å². The van der Waals surface area contributed by atoms with Crippen LogP contribution in [0.3, 0.4) is 0 Å². The van der Waals surface area contributed by atoms with Gasteiger partial charge < -0.3 is 4.74 Å². The minimum atomic E-state index is -0.172. The smallest absolute Gasteiger partial charge is 0.187 e. The highest BCUT2D eigenvalue weighted by molar-refractivity contribution is 5.98. The van der Waals surface area contributed by atoms with Gasteiger partial charge in [-0.25, -0.2) is 0 Å². The molecule has 1 aliphatic heterocycles. The molecule has 0 aromatic heterocycles. The van der Waals surface area contributed by atoms with Crippen molar-refractivity contribution in [3.05, 3.63) is 23.8 Å². The van der Waals surface area contributed by atoms with Crippen LogP contribution in [-0.2, 0) is 14.3 Å². The Morgan fingerprint density at radius 1 is 1.17 bits per heavy atom. The minimum absolute atomic E-state index is 0.00666. The molecule has 1 heterocycles. The zero-order valence-corrected chi connectivity index (χ0v) is 19.3. The third-order valence-corrected chi connectivity index (χ3v) is 10.1. The Hall–Kier alpha value is -1.22. The first-order valence-corrected chi connectivity index (χ1v) is 12.3. The minimum Gasteiger partial charge on any atom is -0.360 e. The fourth-order valence-electron chi connectivity index (χ4n) is 8.21. The molecular formula is C27H38O3. The second-order valence-corrected chi connectivity index (χ2v) is 11.8. The van der Waals surface area contributed by atoms with Crippen LogP contribution in [0.1, 0.15) is 73.1 Å². The maximum atomic E-state index is 12.2. The van der Waals surface area contributed by atoms with Crippen molar-refractivity contribution in [2.75, 3.05) is 0 Å². The number of carbonyl (C=O) groups is 2. The number of rotatable bonds is 5. The van der Waals surface area contributed by atoms with E-state index < -0.39 is 0 Å². The second-order valence-electron chi connectivity index (χ2n) is 11.8. The molecule has 0 amide bonds. The molecule has 2 saturated carbocycles. The van der Waals surface area contributed by atoms with E-state index in [2.05, 4.69) is 32.9 Å². The van der Waals surface area contributed by atoms with Gasteiger partial charge in [0.1, 0.15) is 18.0 Å². The molecule has 3 heteroatoms. The Bertz CT molecular complexity index is 822. The van der Waals surface area contributed by atoms with Gasteiger partial charge in [-0.2, -0.15) is 0 Å². The largest absolute Gasteiger partial charge is 0.360 e. The van der Waals surface area contributed by atoms with Crippen molar-refractivity contribution in [3.8, 4) is 0 Å². The predicted molar refractivity (Wildman–Crippen MR) is 118 cm³/mol. The van der Waals surface area contributed by atoms with Crippen LogP contribution >= 0.6 is 0 Å². The molecule has 4 aliphatic carbocycles. The number of ether oxygens (including phenoxy) is 1. The molecule has 1 saturated heterocycles. The molecule has 5 rings (SSSR count). The number of epoxide rings is 1. The molecule has 9 atom stereocenters. The molecule has 0 aromatic rings. The standard InChI is InChI=1S/C27H38O3/c1-15(2)22(28)11-6-16(3)19-9-10-20-18-8-7-17-14-23(29)24-25(30-24)27(17,5)21(18)12-13-26(19,20)4/h7-8,14-16,18-21,24-25H,6,9-13H2,1-5H3/t16-,18+,19-,20+,21+,24-,25?,26-,27+/m1/s1. The van der Waals surface area contributed by atoms with Crippen LogP contribution in [0, 0.1) is 46.3 Å². The zero-order valence-electron chi connectivity index (χ0n) is 19.3. The topological polar surface area (TPSA) is 46.7 Å². The van der Waals surface area contributed by atoms with E-state index in [1.165, 1.54) is 31.3 Å². The molecule has 0 N–H and O–H groups in total. The Morgan fingerprint density at radius 2 is 1.93 bits per heavy atom. The lowest BCUT2D eigenvalue weighted by molar-refractivity contribution is -0.122. The third-order valence-electron chi connectivity index (χ3n) is 10.1. The number of carbonyl (C=O) groups excluding carboxylic acids is 2. The van der Waals surface area contributed by atoms with Crippen LogP contribution < -0.4 is 0 Å². The lowest BCUT2D eigenvalue weighted by atomic mass is 9.48. The Labute approximate surface area is 181 Å². The van der Waals surface area contributed by atoms with Gasteiger partial charge in [-0.05, 0) is 78.8 Å². The summed E-state index contributed by atoms with van der Waals surface area (Å²) in [4.78, 5) is 24.4. The molecule has 5 aliphatic rings.